The van der Waals surface area contributed by atoms with Crippen molar-refractivity contribution < 1.29 is 4.79 Å². The van der Waals surface area contributed by atoms with Crippen molar-refractivity contribution >= 4 is 5.91 Å². The molecule has 2 heteroatoms. The molecule has 0 heterocycles. The maximum Gasteiger partial charge on any atom is 0.227 e. The molecular weight excluding hydrogens is 114 g/mol. The van der Waals surface area contributed by atoms with E-state index < -0.39 is 0 Å². The van der Waals surface area contributed by atoms with Crippen LogP contribution in [0.5, 0.6) is 0 Å². The number of carbonyl (C=O) groups excluding carboxylic acids is 1. The van der Waals surface area contributed by atoms with Gasteiger partial charge in [0, 0.05) is 19.3 Å². The van der Waals surface area contributed by atoms with Gasteiger partial charge in [-0.1, -0.05) is 12.7 Å². The van der Waals surface area contributed by atoms with Crippen LogP contribution in [0.1, 0.15) is 13.8 Å². The predicted octanol–water partition coefficient (Wildman–Crippen LogP) is 1.51. The zero-order valence-electron chi connectivity index (χ0n) is 5.79. The van der Waals surface area contributed by atoms with Crippen LogP contribution in [0.15, 0.2) is 25.1 Å². The summed E-state index contributed by atoms with van der Waals surface area (Å²) in [6, 6.07) is 0. The fourth-order valence-corrected chi connectivity index (χ4v) is 0.455. The van der Waals surface area contributed by atoms with Gasteiger partial charge in [0.1, 0.15) is 0 Å². The minimum atomic E-state index is -0.0249. The third-order valence-electron chi connectivity index (χ3n) is 0.870. The Balaban J connectivity index is 3.98. The highest BCUT2D eigenvalue weighted by molar-refractivity contribution is 5.75. The standard InChI is InChI=1S/C7H11NO/c1-4-6-8(5-2)7(3)9/h4-6H,2H2,1,3H3/b6-4-. The van der Waals surface area contributed by atoms with Gasteiger partial charge in [-0.25, -0.2) is 0 Å². The fourth-order valence-electron chi connectivity index (χ4n) is 0.455. The normalized spacial score (nSPS) is 9.56. The summed E-state index contributed by atoms with van der Waals surface area (Å²) in [5.74, 6) is -0.0249. The van der Waals surface area contributed by atoms with Crippen molar-refractivity contribution in [2.45, 2.75) is 13.8 Å². The molecule has 0 aliphatic rings. The smallest absolute Gasteiger partial charge is 0.227 e. The van der Waals surface area contributed by atoms with Crippen molar-refractivity contribution in [3.05, 3.63) is 25.1 Å². The number of hydrogen-bond donors (Lipinski definition) is 0. The van der Waals surface area contributed by atoms with E-state index in [1.54, 1.807) is 12.3 Å². The monoisotopic (exact) mass is 125 g/mol. The second kappa shape index (κ2) is 3.89. The molecule has 0 aliphatic heterocycles. The molecule has 0 saturated carbocycles. The Labute approximate surface area is 55.5 Å². The Morgan fingerprint density at radius 3 is 2.33 bits per heavy atom. The van der Waals surface area contributed by atoms with Crippen LogP contribution in [0.3, 0.4) is 0 Å². The van der Waals surface area contributed by atoms with E-state index in [2.05, 4.69) is 6.58 Å². The summed E-state index contributed by atoms with van der Waals surface area (Å²) in [7, 11) is 0. The predicted molar refractivity (Wildman–Crippen MR) is 37.5 cm³/mol. The van der Waals surface area contributed by atoms with Gasteiger partial charge >= 0.3 is 0 Å². The molecular formula is C7H11NO. The summed E-state index contributed by atoms with van der Waals surface area (Å²) in [5, 5.41) is 0. The number of allylic oxidation sites excluding steroid dienone is 1. The molecule has 0 aromatic heterocycles. The van der Waals surface area contributed by atoms with Crippen LogP contribution in [-0.2, 0) is 4.79 Å². The fraction of sp³-hybridized carbons (Fsp3) is 0.286. The third kappa shape index (κ3) is 2.69. The summed E-state index contributed by atoms with van der Waals surface area (Å²) in [4.78, 5) is 12.0. The van der Waals surface area contributed by atoms with Gasteiger partial charge in [-0.2, -0.15) is 0 Å². The molecule has 50 valence electrons. The van der Waals surface area contributed by atoms with E-state index in [1.165, 1.54) is 18.0 Å². The zero-order chi connectivity index (χ0) is 7.28. The maximum atomic E-state index is 10.6. The number of rotatable bonds is 2. The Morgan fingerprint density at radius 1 is 1.67 bits per heavy atom. The molecule has 2 nitrogen and oxygen atoms in total. The molecule has 0 fully saturated rings. The average molecular weight is 125 g/mol. The lowest BCUT2D eigenvalue weighted by atomic mass is 10.5. The third-order valence-corrected chi connectivity index (χ3v) is 0.870. The molecule has 0 aliphatic carbocycles. The number of amides is 1. The largest absolute Gasteiger partial charge is 0.296 e. The first kappa shape index (κ1) is 7.95. The second-order valence-electron chi connectivity index (χ2n) is 1.59. The van der Waals surface area contributed by atoms with Crippen molar-refractivity contribution in [1.82, 2.24) is 4.90 Å². The first-order valence-electron chi connectivity index (χ1n) is 2.76. The Morgan fingerprint density at radius 2 is 2.22 bits per heavy atom. The van der Waals surface area contributed by atoms with Crippen molar-refractivity contribution in [3.63, 3.8) is 0 Å². The SMILES string of the molecule is C=CN(/C=C\C)C(C)=O. The highest BCUT2D eigenvalue weighted by Gasteiger charge is 1.95. The van der Waals surface area contributed by atoms with E-state index in [0.717, 1.165) is 0 Å². The number of carbonyl (C=O) groups is 1. The minimum absolute atomic E-state index is 0.0249. The van der Waals surface area contributed by atoms with Crippen LogP contribution in [0.25, 0.3) is 0 Å². The molecule has 9 heavy (non-hydrogen) atoms. The maximum absolute atomic E-state index is 10.6. The van der Waals surface area contributed by atoms with Crippen LogP contribution in [0, 0.1) is 0 Å². The quantitative estimate of drug-likeness (QED) is 0.547. The number of nitrogens with zero attached hydrogens (tertiary/aromatic N) is 1. The molecule has 0 N–H and O–H groups in total. The van der Waals surface area contributed by atoms with Crippen molar-refractivity contribution in [1.29, 1.82) is 0 Å². The van der Waals surface area contributed by atoms with Crippen molar-refractivity contribution in [2.75, 3.05) is 0 Å². The van der Waals surface area contributed by atoms with Gasteiger partial charge in [-0.15, -0.1) is 0 Å². The lowest BCUT2D eigenvalue weighted by Gasteiger charge is -2.07. The number of hydrogen-bond acceptors (Lipinski definition) is 1. The first-order valence-corrected chi connectivity index (χ1v) is 2.76. The van der Waals surface area contributed by atoms with Crippen LogP contribution in [-0.4, -0.2) is 10.8 Å². The summed E-state index contributed by atoms with van der Waals surface area (Å²) in [5.41, 5.74) is 0. The Hall–Kier alpha value is -1.05. The summed E-state index contributed by atoms with van der Waals surface area (Å²) in [6.45, 7) is 6.79. The molecule has 1 amide bonds. The van der Waals surface area contributed by atoms with E-state index in [4.69, 9.17) is 0 Å². The molecule has 0 rings (SSSR count). The van der Waals surface area contributed by atoms with Crippen molar-refractivity contribution in [3.8, 4) is 0 Å². The molecule has 0 bridgehead atoms. The van der Waals surface area contributed by atoms with Gasteiger partial charge in [-0.05, 0) is 6.92 Å². The highest BCUT2D eigenvalue weighted by Crippen LogP contribution is 1.89. The zero-order valence-corrected chi connectivity index (χ0v) is 5.79. The van der Waals surface area contributed by atoms with E-state index in [1.807, 2.05) is 6.92 Å². The molecule has 0 atom stereocenters. The second-order valence-corrected chi connectivity index (χ2v) is 1.59. The van der Waals surface area contributed by atoms with Gasteiger partial charge in [0.05, 0.1) is 0 Å². The van der Waals surface area contributed by atoms with Gasteiger partial charge in [0.15, 0.2) is 0 Å². The molecule has 0 unspecified atom stereocenters. The summed E-state index contributed by atoms with van der Waals surface area (Å²) < 4.78 is 0. The summed E-state index contributed by atoms with van der Waals surface area (Å²) in [6.07, 6.45) is 4.92. The van der Waals surface area contributed by atoms with E-state index >= 15 is 0 Å². The van der Waals surface area contributed by atoms with Crippen LogP contribution >= 0.6 is 0 Å². The molecule has 0 saturated heterocycles. The van der Waals surface area contributed by atoms with E-state index in [9.17, 15) is 4.79 Å². The Bertz CT molecular complexity index is 138. The van der Waals surface area contributed by atoms with Gasteiger partial charge in [-0.3, -0.25) is 9.69 Å². The topological polar surface area (TPSA) is 20.3 Å². The van der Waals surface area contributed by atoms with Gasteiger partial charge in [0.25, 0.3) is 0 Å². The van der Waals surface area contributed by atoms with E-state index in [-0.39, 0.29) is 5.91 Å². The lowest BCUT2D eigenvalue weighted by Crippen LogP contribution is -2.14. The van der Waals surface area contributed by atoms with Crippen LogP contribution < -0.4 is 0 Å². The highest BCUT2D eigenvalue weighted by atomic mass is 16.2. The Kier molecular flexibility index (Phi) is 3.44. The van der Waals surface area contributed by atoms with Crippen LogP contribution in [0.4, 0.5) is 0 Å². The molecule has 0 aromatic rings. The summed E-state index contributed by atoms with van der Waals surface area (Å²) >= 11 is 0. The average Bonchev–Trinajstić information content (AvgIpc) is 1.82. The molecule has 0 spiro atoms. The molecule has 0 radical (unpaired) electrons. The van der Waals surface area contributed by atoms with Crippen molar-refractivity contribution in [2.24, 2.45) is 0 Å². The van der Waals surface area contributed by atoms with Gasteiger partial charge in [0.2, 0.25) is 5.91 Å². The molecule has 0 aromatic carbocycles. The minimum Gasteiger partial charge on any atom is -0.296 e. The lowest BCUT2D eigenvalue weighted by molar-refractivity contribution is -0.124. The van der Waals surface area contributed by atoms with Gasteiger partial charge < -0.3 is 0 Å². The van der Waals surface area contributed by atoms with Crippen LogP contribution in [0.2, 0.25) is 0 Å². The first-order chi connectivity index (χ1) is 4.22. The van der Waals surface area contributed by atoms with E-state index in [0.29, 0.717) is 0 Å².